The lowest BCUT2D eigenvalue weighted by Crippen LogP contribution is -3.00. The molecule has 2 aromatic carbocycles. The molecule has 0 aliphatic carbocycles. The number of amides is 1. The van der Waals surface area contributed by atoms with E-state index in [1.54, 1.807) is 18.2 Å². The van der Waals surface area contributed by atoms with E-state index < -0.39 is 5.60 Å². The third kappa shape index (κ3) is 11.0. The summed E-state index contributed by atoms with van der Waals surface area (Å²) in [4.78, 5) is 25.3. The van der Waals surface area contributed by atoms with E-state index >= 15 is 0 Å². The van der Waals surface area contributed by atoms with Gasteiger partial charge in [0.25, 0.3) is 5.91 Å². The molecule has 0 spiro atoms. The molecule has 0 aromatic heterocycles. The fourth-order valence-electron chi connectivity index (χ4n) is 4.80. The Morgan fingerprint density at radius 1 is 1.09 bits per heavy atom. The number of carbonyl (C=O) groups is 2. The van der Waals surface area contributed by atoms with Gasteiger partial charge in [0, 0.05) is 19.0 Å². The van der Waals surface area contributed by atoms with Crippen LogP contribution in [0.15, 0.2) is 42.5 Å². The number of phenols is 1. The minimum Gasteiger partial charge on any atom is -1.00 e. The molecule has 1 aliphatic heterocycles. The molecule has 1 heterocycles. The first kappa shape index (κ1) is 35.9. The number of methoxy groups -OCH3 is 1. The molecule has 0 unspecified atom stereocenters. The molecule has 2 N–H and O–H groups in total. The van der Waals surface area contributed by atoms with E-state index in [4.69, 9.17) is 14.2 Å². The lowest BCUT2D eigenvalue weighted by atomic mass is 9.97. The van der Waals surface area contributed by atoms with Crippen LogP contribution in [-0.2, 0) is 4.79 Å². The number of rotatable bonds is 16. The number of nitrogens with one attached hydrogen (secondary N) is 1. The number of hydrogen-bond donors (Lipinski definition) is 2. The quantitative estimate of drug-likeness (QED) is 0.125. The molecule has 0 fully saturated rings. The molecule has 1 amide bonds. The summed E-state index contributed by atoms with van der Waals surface area (Å²) in [7, 11) is 5.57. The van der Waals surface area contributed by atoms with Crippen molar-refractivity contribution < 1.29 is 50.4 Å². The smallest absolute Gasteiger partial charge is 0.275 e. The number of allylic oxidation sites excluding steroid dienone is 1. The normalized spacial score (nSPS) is 13.5. The third-order valence-corrected chi connectivity index (χ3v) is 7.16. The van der Waals surface area contributed by atoms with Gasteiger partial charge in [-0.2, -0.15) is 0 Å². The molecule has 1 aliphatic rings. The predicted molar refractivity (Wildman–Crippen MR) is 167 cm³/mol. The van der Waals surface area contributed by atoms with Gasteiger partial charge in [-0.05, 0) is 56.2 Å². The van der Waals surface area contributed by atoms with Gasteiger partial charge in [-0.1, -0.05) is 44.4 Å². The Bertz CT molecular complexity index is 1280. The Hall–Kier alpha value is -3.30. The van der Waals surface area contributed by atoms with Crippen LogP contribution < -0.4 is 36.5 Å². The highest BCUT2D eigenvalue weighted by molar-refractivity contribution is 6.11. The SMILES string of the molecule is CCCCCCNC(=O)C[N+](C)(C)CCCOc1ccc(/C=C/C(=O)c2c(OC)cc3c(c2O)C=CC(C)(C)O3)cc1.[Br-]. The van der Waals surface area contributed by atoms with Gasteiger partial charge in [0.05, 0.1) is 39.9 Å². The number of ether oxygens (including phenoxy) is 3. The van der Waals surface area contributed by atoms with Crippen LogP contribution in [0.5, 0.6) is 23.0 Å². The number of carbonyl (C=O) groups excluding carboxylic acids is 2. The Balaban J connectivity index is 0.00000645. The lowest BCUT2D eigenvalue weighted by Gasteiger charge is -2.29. The first-order valence-corrected chi connectivity index (χ1v) is 14.8. The number of hydrogen-bond acceptors (Lipinski definition) is 6. The number of unbranched alkanes of at least 4 members (excludes halogenated alkanes) is 3. The molecule has 236 valence electrons. The maximum Gasteiger partial charge on any atom is 0.275 e. The average Bonchev–Trinajstić information content (AvgIpc) is 2.93. The van der Waals surface area contributed by atoms with Crippen molar-refractivity contribution in [1.29, 1.82) is 0 Å². The molecular formula is C34H47BrN2O6. The van der Waals surface area contributed by atoms with Crippen molar-refractivity contribution in [1.82, 2.24) is 5.32 Å². The van der Waals surface area contributed by atoms with E-state index in [0.717, 1.165) is 43.7 Å². The number of likely N-dealkylation sites (N-methyl/N-ethyl adjacent to an activating group) is 1. The van der Waals surface area contributed by atoms with Gasteiger partial charge in [-0.15, -0.1) is 0 Å². The van der Waals surface area contributed by atoms with Crippen molar-refractivity contribution in [2.75, 3.05) is 47.4 Å². The lowest BCUT2D eigenvalue weighted by molar-refractivity contribution is -0.882. The second-order valence-corrected chi connectivity index (χ2v) is 11.9. The summed E-state index contributed by atoms with van der Waals surface area (Å²) in [6.07, 6.45) is 12.1. The maximum atomic E-state index is 13.1. The van der Waals surface area contributed by atoms with Crippen molar-refractivity contribution >= 4 is 23.8 Å². The number of ketones is 1. The first-order chi connectivity index (χ1) is 19.9. The number of benzene rings is 2. The second kappa shape index (κ2) is 16.5. The van der Waals surface area contributed by atoms with Crippen molar-refractivity contribution in [3.05, 3.63) is 59.2 Å². The van der Waals surface area contributed by atoms with Crippen LogP contribution in [0, 0.1) is 0 Å². The zero-order chi connectivity index (χ0) is 30.8. The van der Waals surface area contributed by atoms with Crippen LogP contribution in [0.3, 0.4) is 0 Å². The van der Waals surface area contributed by atoms with E-state index in [-0.39, 0.29) is 45.7 Å². The molecule has 0 bridgehead atoms. The summed E-state index contributed by atoms with van der Waals surface area (Å²) in [5.41, 5.74) is 0.838. The van der Waals surface area contributed by atoms with Crippen LogP contribution >= 0.6 is 0 Å². The molecule has 0 radical (unpaired) electrons. The van der Waals surface area contributed by atoms with Gasteiger partial charge < -0.3 is 46.1 Å². The molecule has 2 aromatic rings. The first-order valence-electron chi connectivity index (χ1n) is 14.8. The highest BCUT2D eigenvalue weighted by atomic mass is 79.9. The molecule has 0 atom stereocenters. The maximum absolute atomic E-state index is 13.1. The summed E-state index contributed by atoms with van der Waals surface area (Å²) in [6, 6.07) is 9.09. The second-order valence-electron chi connectivity index (χ2n) is 11.9. The zero-order valence-corrected chi connectivity index (χ0v) is 28.0. The summed E-state index contributed by atoms with van der Waals surface area (Å²) in [6.45, 7) is 8.56. The molecule has 3 rings (SSSR count). The van der Waals surface area contributed by atoms with Crippen molar-refractivity contribution in [3.8, 4) is 23.0 Å². The van der Waals surface area contributed by atoms with Crippen LogP contribution in [0.4, 0.5) is 0 Å². The number of phenolic OH excluding ortho intramolecular Hbond substituents is 1. The Morgan fingerprint density at radius 3 is 2.49 bits per heavy atom. The van der Waals surface area contributed by atoms with Gasteiger partial charge in [-0.3, -0.25) is 9.59 Å². The Labute approximate surface area is 267 Å². The summed E-state index contributed by atoms with van der Waals surface area (Å²) in [5.74, 6) is 0.998. The third-order valence-electron chi connectivity index (χ3n) is 7.16. The van der Waals surface area contributed by atoms with Gasteiger partial charge in [0.1, 0.15) is 34.2 Å². The highest BCUT2D eigenvalue weighted by Crippen LogP contribution is 2.43. The van der Waals surface area contributed by atoms with Crippen LogP contribution in [0.2, 0.25) is 0 Å². The molecule has 9 heteroatoms. The highest BCUT2D eigenvalue weighted by Gasteiger charge is 2.28. The van der Waals surface area contributed by atoms with Crippen molar-refractivity contribution in [2.24, 2.45) is 0 Å². The molecular weight excluding hydrogens is 612 g/mol. The van der Waals surface area contributed by atoms with Crippen molar-refractivity contribution in [3.63, 3.8) is 0 Å². The fourth-order valence-corrected chi connectivity index (χ4v) is 4.80. The van der Waals surface area contributed by atoms with E-state index in [1.807, 2.05) is 44.2 Å². The number of quaternary nitrogens is 1. The number of halogens is 1. The van der Waals surface area contributed by atoms with Gasteiger partial charge >= 0.3 is 0 Å². The number of aromatic hydroxyl groups is 1. The number of nitrogens with zero attached hydrogens (tertiary/aromatic N) is 1. The molecule has 0 saturated carbocycles. The van der Waals surface area contributed by atoms with E-state index in [2.05, 4.69) is 26.3 Å². The molecule has 43 heavy (non-hydrogen) atoms. The van der Waals surface area contributed by atoms with E-state index in [0.29, 0.717) is 28.9 Å². The monoisotopic (exact) mass is 658 g/mol. The predicted octanol–water partition coefficient (Wildman–Crippen LogP) is 3.03. The van der Waals surface area contributed by atoms with Gasteiger partial charge in [-0.25, -0.2) is 0 Å². The van der Waals surface area contributed by atoms with Gasteiger partial charge in [0.15, 0.2) is 12.3 Å². The van der Waals surface area contributed by atoms with E-state index in [9.17, 15) is 14.7 Å². The standard InChI is InChI=1S/C34H46N2O6.BrH/c1-7-8-9-10-20-35-31(38)24-36(4,5)21-11-22-41-26-15-12-25(13-16-26)14-17-28(37)32-30(40-6)23-29-27(33(32)39)18-19-34(2,3)42-29;/h12-19,23H,7-11,20-22,24H2,1-6H3,(H-,35,37,38,39);1H/b17-14+;. The molecule has 8 nitrogen and oxygen atoms in total. The Morgan fingerprint density at radius 2 is 1.81 bits per heavy atom. The largest absolute Gasteiger partial charge is 1.00 e. The van der Waals surface area contributed by atoms with Crippen molar-refractivity contribution in [2.45, 2.75) is 58.5 Å². The van der Waals surface area contributed by atoms with E-state index in [1.165, 1.54) is 26.0 Å². The van der Waals surface area contributed by atoms with Crippen LogP contribution in [-0.4, -0.2) is 74.3 Å². The molecule has 0 saturated heterocycles. The number of fused-ring (bicyclic) bond motifs is 1. The fraction of sp³-hybridized carbons (Fsp3) is 0.471. The van der Waals surface area contributed by atoms with Crippen LogP contribution in [0.25, 0.3) is 12.2 Å². The Kier molecular flexibility index (Phi) is 13.8. The summed E-state index contributed by atoms with van der Waals surface area (Å²) >= 11 is 0. The minimum atomic E-state index is -0.521. The average molecular weight is 660 g/mol. The summed E-state index contributed by atoms with van der Waals surface area (Å²) < 4.78 is 17.8. The van der Waals surface area contributed by atoms with Gasteiger partial charge in [0.2, 0.25) is 0 Å². The van der Waals surface area contributed by atoms with Crippen LogP contribution in [0.1, 0.15) is 74.4 Å². The zero-order valence-electron chi connectivity index (χ0n) is 26.4. The topological polar surface area (TPSA) is 94.1 Å². The summed E-state index contributed by atoms with van der Waals surface area (Å²) in [5, 5.41) is 13.9. The minimum absolute atomic E-state index is 0.